The standard InChI is InChI=1S/C8H15NO/c1-5(2)7-4-6(3)8(10)9-7/h5-7H,4H2,1-3H3,(H,9,10). The van der Waals surface area contributed by atoms with Gasteiger partial charge >= 0.3 is 0 Å². The van der Waals surface area contributed by atoms with Crippen LogP contribution in [0.1, 0.15) is 27.2 Å². The molecule has 1 saturated heterocycles. The number of carbonyl (C=O) groups is 1. The third-order valence-corrected chi connectivity index (χ3v) is 2.19. The molecule has 0 aromatic heterocycles. The maximum atomic E-state index is 11.0. The number of rotatable bonds is 1. The molecule has 0 saturated carbocycles. The third-order valence-electron chi connectivity index (χ3n) is 2.19. The first-order valence-corrected chi connectivity index (χ1v) is 3.91. The fourth-order valence-electron chi connectivity index (χ4n) is 1.31. The number of carbonyl (C=O) groups excluding carboxylic acids is 1. The van der Waals surface area contributed by atoms with Gasteiger partial charge in [0.2, 0.25) is 5.91 Å². The fraction of sp³-hybridized carbons (Fsp3) is 0.875. The van der Waals surface area contributed by atoms with Crippen molar-refractivity contribution in [1.29, 1.82) is 0 Å². The molecule has 1 aliphatic rings. The number of hydrogen-bond donors (Lipinski definition) is 1. The predicted molar refractivity (Wildman–Crippen MR) is 40.5 cm³/mol. The minimum atomic E-state index is 0.221. The number of nitrogens with one attached hydrogen (secondary N) is 1. The van der Waals surface area contributed by atoms with Gasteiger partial charge in [-0.2, -0.15) is 0 Å². The monoisotopic (exact) mass is 141 g/mol. The lowest BCUT2D eigenvalue weighted by Crippen LogP contribution is -2.30. The van der Waals surface area contributed by atoms with Gasteiger partial charge in [-0.25, -0.2) is 0 Å². The molecule has 0 radical (unpaired) electrons. The van der Waals surface area contributed by atoms with Crippen LogP contribution in [-0.2, 0) is 4.79 Å². The van der Waals surface area contributed by atoms with Crippen LogP contribution in [0.2, 0.25) is 0 Å². The molecule has 1 amide bonds. The Labute approximate surface area is 62.0 Å². The maximum Gasteiger partial charge on any atom is 0.223 e. The molecule has 2 unspecified atom stereocenters. The van der Waals surface area contributed by atoms with Crippen LogP contribution in [0.4, 0.5) is 0 Å². The van der Waals surface area contributed by atoms with E-state index in [1.807, 2.05) is 6.92 Å². The zero-order chi connectivity index (χ0) is 7.72. The van der Waals surface area contributed by atoms with Crippen molar-refractivity contribution in [3.8, 4) is 0 Å². The molecular formula is C8H15NO. The van der Waals surface area contributed by atoms with Gasteiger partial charge in [0.25, 0.3) is 0 Å². The van der Waals surface area contributed by atoms with Gasteiger partial charge < -0.3 is 5.32 Å². The second-order valence-electron chi connectivity index (χ2n) is 3.50. The summed E-state index contributed by atoms with van der Waals surface area (Å²) in [6.07, 6.45) is 1.01. The molecule has 0 aromatic rings. The summed E-state index contributed by atoms with van der Waals surface area (Å²) in [7, 11) is 0. The molecule has 0 aromatic carbocycles. The van der Waals surface area contributed by atoms with Crippen LogP contribution in [0, 0.1) is 11.8 Å². The Balaban J connectivity index is 2.49. The zero-order valence-electron chi connectivity index (χ0n) is 6.85. The Morgan fingerprint density at radius 1 is 1.60 bits per heavy atom. The van der Waals surface area contributed by atoms with Gasteiger partial charge in [-0.05, 0) is 12.3 Å². The molecule has 1 heterocycles. The fourth-order valence-corrected chi connectivity index (χ4v) is 1.31. The van der Waals surface area contributed by atoms with Crippen LogP contribution < -0.4 is 5.32 Å². The van der Waals surface area contributed by atoms with Crippen LogP contribution in [0.3, 0.4) is 0 Å². The molecule has 0 bridgehead atoms. The quantitative estimate of drug-likeness (QED) is 0.583. The smallest absolute Gasteiger partial charge is 0.223 e. The highest BCUT2D eigenvalue weighted by atomic mass is 16.2. The first-order chi connectivity index (χ1) is 4.61. The van der Waals surface area contributed by atoms with E-state index >= 15 is 0 Å². The van der Waals surface area contributed by atoms with E-state index < -0.39 is 0 Å². The first-order valence-electron chi connectivity index (χ1n) is 3.91. The molecule has 2 nitrogen and oxygen atoms in total. The molecule has 58 valence electrons. The predicted octanol–water partition coefficient (Wildman–Crippen LogP) is 1.17. The highest BCUT2D eigenvalue weighted by Crippen LogP contribution is 2.19. The summed E-state index contributed by atoms with van der Waals surface area (Å²) in [5.41, 5.74) is 0. The Morgan fingerprint density at radius 3 is 2.40 bits per heavy atom. The Kier molecular flexibility index (Phi) is 1.97. The molecule has 2 atom stereocenters. The van der Waals surface area contributed by atoms with Gasteiger partial charge in [-0.3, -0.25) is 4.79 Å². The highest BCUT2D eigenvalue weighted by Gasteiger charge is 2.29. The van der Waals surface area contributed by atoms with Crippen molar-refractivity contribution in [2.24, 2.45) is 11.8 Å². The Hall–Kier alpha value is -0.530. The largest absolute Gasteiger partial charge is 0.353 e. The normalized spacial score (nSPS) is 33.0. The molecule has 1 N–H and O–H groups in total. The van der Waals surface area contributed by atoms with Gasteiger partial charge in [0.15, 0.2) is 0 Å². The van der Waals surface area contributed by atoms with Crippen molar-refractivity contribution in [2.75, 3.05) is 0 Å². The van der Waals surface area contributed by atoms with E-state index in [0.29, 0.717) is 12.0 Å². The SMILES string of the molecule is CC1CC(C(C)C)NC1=O. The van der Waals surface area contributed by atoms with Gasteiger partial charge in [0.05, 0.1) is 0 Å². The lowest BCUT2D eigenvalue weighted by Gasteiger charge is -2.12. The van der Waals surface area contributed by atoms with Crippen LogP contribution in [0.25, 0.3) is 0 Å². The summed E-state index contributed by atoms with van der Waals surface area (Å²) < 4.78 is 0. The minimum Gasteiger partial charge on any atom is -0.353 e. The summed E-state index contributed by atoms with van der Waals surface area (Å²) >= 11 is 0. The summed E-state index contributed by atoms with van der Waals surface area (Å²) in [6, 6.07) is 0.419. The van der Waals surface area contributed by atoms with Crippen molar-refractivity contribution >= 4 is 5.91 Å². The Bertz CT molecular complexity index is 142. The topological polar surface area (TPSA) is 29.1 Å². The second kappa shape index (κ2) is 2.60. The van der Waals surface area contributed by atoms with Crippen LogP contribution in [-0.4, -0.2) is 11.9 Å². The molecule has 0 aliphatic carbocycles. The molecule has 2 heteroatoms. The Morgan fingerprint density at radius 2 is 2.20 bits per heavy atom. The van der Waals surface area contributed by atoms with Crippen molar-refractivity contribution in [3.63, 3.8) is 0 Å². The van der Waals surface area contributed by atoms with Crippen molar-refractivity contribution in [2.45, 2.75) is 33.2 Å². The average Bonchev–Trinajstić information content (AvgIpc) is 2.13. The molecule has 0 spiro atoms. The second-order valence-corrected chi connectivity index (χ2v) is 3.50. The van der Waals surface area contributed by atoms with E-state index in [1.165, 1.54) is 0 Å². The molecule has 1 aliphatic heterocycles. The van der Waals surface area contributed by atoms with Crippen molar-refractivity contribution in [1.82, 2.24) is 5.32 Å². The summed E-state index contributed by atoms with van der Waals surface area (Å²) in [5, 5.41) is 2.96. The number of amides is 1. The molecule has 1 rings (SSSR count). The van der Waals surface area contributed by atoms with E-state index in [4.69, 9.17) is 0 Å². The minimum absolute atomic E-state index is 0.221. The summed E-state index contributed by atoms with van der Waals surface area (Å²) in [4.78, 5) is 11.0. The van der Waals surface area contributed by atoms with Crippen LogP contribution in [0.5, 0.6) is 0 Å². The van der Waals surface area contributed by atoms with E-state index in [1.54, 1.807) is 0 Å². The van der Waals surface area contributed by atoms with E-state index in [2.05, 4.69) is 19.2 Å². The third kappa shape index (κ3) is 1.31. The number of hydrogen-bond acceptors (Lipinski definition) is 1. The van der Waals surface area contributed by atoms with E-state index in [-0.39, 0.29) is 11.8 Å². The van der Waals surface area contributed by atoms with Crippen molar-refractivity contribution < 1.29 is 4.79 Å². The van der Waals surface area contributed by atoms with Gasteiger partial charge in [-0.1, -0.05) is 20.8 Å². The molecule has 1 fully saturated rings. The average molecular weight is 141 g/mol. The zero-order valence-corrected chi connectivity index (χ0v) is 6.85. The van der Waals surface area contributed by atoms with E-state index in [0.717, 1.165) is 6.42 Å². The summed E-state index contributed by atoms with van der Waals surface area (Å²) in [5.74, 6) is 1.03. The van der Waals surface area contributed by atoms with Gasteiger partial charge in [0.1, 0.15) is 0 Å². The summed E-state index contributed by atoms with van der Waals surface area (Å²) in [6.45, 7) is 6.27. The lowest BCUT2D eigenvalue weighted by atomic mass is 9.99. The maximum absolute atomic E-state index is 11.0. The molecular weight excluding hydrogens is 126 g/mol. The van der Waals surface area contributed by atoms with E-state index in [9.17, 15) is 4.79 Å². The highest BCUT2D eigenvalue weighted by molar-refractivity contribution is 5.80. The van der Waals surface area contributed by atoms with Gasteiger partial charge in [-0.15, -0.1) is 0 Å². The van der Waals surface area contributed by atoms with Crippen LogP contribution >= 0.6 is 0 Å². The van der Waals surface area contributed by atoms with Gasteiger partial charge in [0, 0.05) is 12.0 Å². The molecule has 10 heavy (non-hydrogen) atoms. The van der Waals surface area contributed by atoms with Crippen molar-refractivity contribution in [3.05, 3.63) is 0 Å². The van der Waals surface area contributed by atoms with Crippen LogP contribution in [0.15, 0.2) is 0 Å². The first kappa shape index (κ1) is 7.58. The lowest BCUT2D eigenvalue weighted by molar-refractivity contribution is -0.122.